The second-order valence-electron chi connectivity index (χ2n) is 5.58. The molecule has 1 aliphatic heterocycles. The maximum Gasteiger partial charge on any atom is 0.161 e. The van der Waals surface area contributed by atoms with Crippen LogP contribution in [0.1, 0.15) is 29.7 Å². The van der Waals surface area contributed by atoms with Gasteiger partial charge < -0.3 is 14.8 Å². The van der Waals surface area contributed by atoms with Gasteiger partial charge in [-0.3, -0.25) is 0 Å². The minimum atomic E-state index is 0. The van der Waals surface area contributed by atoms with Gasteiger partial charge in [0.1, 0.15) is 0 Å². The molecule has 0 radical (unpaired) electrons. The molecular weight excluding hydrogens is 310 g/mol. The van der Waals surface area contributed by atoms with Crippen molar-refractivity contribution in [2.75, 3.05) is 20.3 Å². The summed E-state index contributed by atoms with van der Waals surface area (Å²) in [5, 5.41) is 3.63. The molecule has 4 heteroatoms. The first-order chi connectivity index (χ1) is 10.8. The zero-order valence-corrected chi connectivity index (χ0v) is 14.5. The highest BCUT2D eigenvalue weighted by Crippen LogP contribution is 2.36. The second-order valence-corrected chi connectivity index (χ2v) is 5.58. The van der Waals surface area contributed by atoms with Crippen molar-refractivity contribution in [2.45, 2.75) is 25.8 Å². The van der Waals surface area contributed by atoms with Gasteiger partial charge in [-0.15, -0.1) is 12.4 Å². The number of halogens is 1. The number of rotatable bonds is 5. The standard InChI is InChI=1S/C19H23NO2.ClH/c1-3-22-19-13-16-15(12-18(19)21-2)9-10-20-17(16)11-14-7-5-4-6-8-14;/h4-8,12-13,17,20H,3,9-11H2,1-2H3;1H. The number of nitrogens with one attached hydrogen (secondary N) is 1. The van der Waals surface area contributed by atoms with Crippen LogP contribution in [-0.4, -0.2) is 20.3 Å². The maximum atomic E-state index is 5.74. The van der Waals surface area contributed by atoms with Crippen molar-refractivity contribution in [1.82, 2.24) is 5.32 Å². The predicted molar refractivity (Wildman–Crippen MR) is 96.0 cm³/mol. The summed E-state index contributed by atoms with van der Waals surface area (Å²) in [6, 6.07) is 15.2. The Morgan fingerprint density at radius 3 is 2.61 bits per heavy atom. The number of hydrogen-bond donors (Lipinski definition) is 1. The SMILES string of the molecule is CCOc1cc2c(cc1OC)CCNC2Cc1ccccc1.Cl. The Morgan fingerprint density at radius 2 is 1.91 bits per heavy atom. The third-order valence-corrected chi connectivity index (χ3v) is 4.17. The monoisotopic (exact) mass is 333 g/mol. The summed E-state index contributed by atoms with van der Waals surface area (Å²) in [4.78, 5) is 0. The van der Waals surface area contributed by atoms with Gasteiger partial charge in [0, 0.05) is 6.04 Å². The van der Waals surface area contributed by atoms with Gasteiger partial charge in [0.2, 0.25) is 0 Å². The van der Waals surface area contributed by atoms with Crippen LogP contribution in [0.3, 0.4) is 0 Å². The normalized spacial score (nSPS) is 16.2. The van der Waals surface area contributed by atoms with E-state index in [1.165, 1.54) is 16.7 Å². The van der Waals surface area contributed by atoms with Crippen LogP contribution in [0.4, 0.5) is 0 Å². The minimum Gasteiger partial charge on any atom is -0.493 e. The maximum absolute atomic E-state index is 5.74. The van der Waals surface area contributed by atoms with E-state index in [1.54, 1.807) is 7.11 Å². The third kappa shape index (κ3) is 3.98. The van der Waals surface area contributed by atoms with E-state index in [0.29, 0.717) is 12.6 Å². The van der Waals surface area contributed by atoms with E-state index >= 15 is 0 Å². The lowest BCUT2D eigenvalue weighted by Crippen LogP contribution is -2.31. The van der Waals surface area contributed by atoms with E-state index in [-0.39, 0.29) is 12.4 Å². The lowest BCUT2D eigenvalue weighted by atomic mass is 9.90. The molecule has 0 aromatic heterocycles. The van der Waals surface area contributed by atoms with Crippen molar-refractivity contribution < 1.29 is 9.47 Å². The van der Waals surface area contributed by atoms with Crippen molar-refractivity contribution in [1.29, 1.82) is 0 Å². The Bertz CT molecular complexity index is 631. The van der Waals surface area contributed by atoms with Crippen molar-refractivity contribution >= 4 is 12.4 Å². The van der Waals surface area contributed by atoms with E-state index in [4.69, 9.17) is 9.47 Å². The zero-order valence-electron chi connectivity index (χ0n) is 13.7. The molecule has 0 saturated heterocycles. The molecule has 1 aliphatic rings. The first kappa shape index (κ1) is 17.6. The average molecular weight is 334 g/mol. The lowest BCUT2D eigenvalue weighted by Gasteiger charge is -2.28. The molecule has 0 spiro atoms. The van der Waals surface area contributed by atoms with Crippen LogP contribution < -0.4 is 14.8 Å². The highest BCUT2D eigenvalue weighted by Gasteiger charge is 2.22. The molecule has 1 N–H and O–H groups in total. The quantitative estimate of drug-likeness (QED) is 0.898. The summed E-state index contributed by atoms with van der Waals surface area (Å²) < 4.78 is 11.2. The van der Waals surface area contributed by atoms with Crippen LogP contribution in [0.25, 0.3) is 0 Å². The fourth-order valence-electron chi connectivity index (χ4n) is 3.11. The van der Waals surface area contributed by atoms with Gasteiger partial charge in [0.05, 0.1) is 13.7 Å². The molecule has 1 atom stereocenters. The molecule has 0 aliphatic carbocycles. The van der Waals surface area contributed by atoms with Crippen LogP contribution in [0.5, 0.6) is 11.5 Å². The Morgan fingerprint density at radius 1 is 1.13 bits per heavy atom. The van der Waals surface area contributed by atoms with E-state index in [2.05, 4.69) is 47.8 Å². The smallest absolute Gasteiger partial charge is 0.161 e. The van der Waals surface area contributed by atoms with Crippen LogP contribution in [-0.2, 0) is 12.8 Å². The van der Waals surface area contributed by atoms with Crippen molar-refractivity contribution in [3.05, 3.63) is 59.2 Å². The van der Waals surface area contributed by atoms with Gasteiger partial charge in [-0.25, -0.2) is 0 Å². The van der Waals surface area contributed by atoms with Gasteiger partial charge in [-0.2, -0.15) is 0 Å². The zero-order chi connectivity index (χ0) is 15.4. The number of hydrogen-bond acceptors (Lipinski definition) is 3. The minimum absolute atomic E-state index is 0. The molecule has 2 aromatic carbocycles. The van der Waals surface area contributed by atoms with E-state index in [0.717, 1.165) is 30.9 Å². The third-order valence-electron chi connectivity index (χ3n) is 4.17. The summed E-state index contributed by atoms with van der Waals surface area (Å²) in [7, 11) is 1.70. The highest BCUT2D eigenvalue weighted by atomic mass is 35.5. The number of benzene rings is 2. The summed E-state index contributed by atoms with van der Waals surface area (Å²) in [6.07, 6.45) is 2.02. The second kappa shape index (κ2) is 8.23. The van der Waals surface area contributed by atoms with Gasteiger partial charge in [0.25, 0.3) is 0 Å². The fraction of sp³-hybridized carbons (Fsp3) is 0.368. The van der Waals surface area contributed by atoms with Crippen LogP contribution in [0.2, 0.25) is 0 Å². The van der Waals surface area contributed by atoms with E-state index in [1.807, 2.05) is 6.92 Å². The van der Waals surface area contributed by atoms with Crippen LogP contribution in [0.15, 0.2) is 42.5 Å². The molecule has 3 nitrogen and oxygen atoms in total. The molecule has 2 aromatic rings. The van der Waals surface area contributed by atoms with E-state index in [9.17, 15) is 0 Å². The Balaban J connectivity index is 0.00000192. The molecule has 0 saturated carbocycles. The number of methoxy groups -OCH3 is 1. The Labute approximate surface area is 144 Å². The number of ether oxygens (including phenoxy) is 2. The van der Waals surface area contributed by atoms with Crippen LogP contribution >= 0.6 is 12.4 Å². The first-order valence-electron chi connectivity index (χ1n) is 7.92. The average Bonchev–Trinajstić information content (AvgIpc) is 2.56. The van der Waals surface area contributed by atoms with Gasteiger partial charge in [-0.1, -0.05) is 30.3 Å². The Kier molecular flexibility index (Phi) is 6.31. The van der Waals surface area contributed by atoms with Gasteiger partial charge >= 0.3 is 0 Å². The van der Waals surface area contributed by atoms with Crippen LogP contribution in [0, 0.1) is 0 Å². The molecule has 23 heavy (non-hydrogen) atoms. The topological polar surface area (TPSA) is 30.5 Å². The highest BCUT2D eigenvalue weighted by molar-refractivity contribution is 5.85. The Hall–Kier alpha value is -1.71. The molecule has 3 rings (SSSR count). The summed E-state index contributed by atoms with van der Waals surface area (Å²) in [6.45, 7) is 3.64. The molecule has 124 valence electrons. The molecule has 1 heterocycles. The molecule has 0 amide bonds. The van der Waals surface area contributed by atoms with E-state index < -0.39 is 0 Å². The van der Waals surface area contributed by atoms with Gasteiger partial charge in [-0.05, 0) is 55.1 Å². The summed E-state index contributed by atoms with van der Waals surface area (Å²) >= 11 is 0. The fourth-order valence-corrected chi connectivity index (χ4v) is 3.11. The van der Waals surface area contributed by atoms with Crippen molar-refractivity contribution in [3.63, 3.8) is 0 Å². The van der Waals surface area contributed by atoms with Crippen molar-refractivity contribution in [3.8, 4) is 11.5 Å². The molecule has 0 fully saturated rings. The number of fused-ring (bicyclic) bond motifs is 1. The molecule has 0 bridgehead atoms. The first-order valence-corrected chi connectivity index (χ1v) is 7.92. The summed E-state index contributed by atoms with van der Waals surface area (Å²) in [5.74, 6) is 1.67. The van der Waals surface area contributed by atoms with Crippen molar-refractivity contribution in [2.24, 2.45) is 0 Å². The molecule has 1 unspecified atom stereocenters. The lowest BCUT2D eigenvalue weighted by molar-refractivity contribution is 0.309. The van der Waals surface area contributed by atoms with Gasteiger partial charge in [0.15, 0.2) is 11.5 Å². The largest absolute Gasteiger partial charge is 0.493 e. The predicted octanol–water partition coefficient (Wildman–Crippen LogP) is 3.95. The molecular formula is C19H24ClNO2. The summed E-state index contributed by atoms with van der Waals surface area (Å²) in [5.41, 5.74) is 4.04.